The molecule has 2 N–H and O–H groups in total. The van der Waals surface area contributed by atoms with Gasteiger partial charge in [0.1, 0.15) is 23.1 Å². The largest absolute Gasteiger partial charge is 0.467 e. The first-order chi connectivity index (χ1) is 12.0. The molecule has 3 rings (SSSR count). The molecule has 0 aliphatic heterocycles. The van der Waals surface area contributed by atoms with Gasteiger partial charge >= 0.3 is 0 Å². The normalized spacial score (nSPS) is 10.5. The fourth-order valence-electron chi connectivity index (χ4n) is 1.96. The van der Waals surface area contributed by atoms with Crippen LogP contribution in [0.4, 0.5) is 13.9 Å². The number of nitrogens with zero attached hydrogens (tertiary/aromatic N) is 1. The summed E-state index contributed by atoms with van der Waals surface area (Å²) in [6, 6.07) is 5.89. The van der Waals surface area contributed by atoms with Crippen molar-refractivity contribution >= 4 is 28.3 Å². The standard InChI is InChI=1S/C16H11F2N3O3S/c17-10-4-9(5-11(18)6-10)14(22)21-16-20-13(8-25-16)15(23)19-7-12-2-1-3-24-12/h1-6,8H,7H2,(H,19,23)(H,20,21,22). The Bertz CT molecular complexity index is 889. The third kappa shape index (κ3) is 4.27. The van der Waals surface area contributed by atoms with Crippen LogP contribution in [0, 0.1) is 11.6 Å². The number of hydrogen-bond donors (Lipinski definition) is 2. The molecule has 0 spiro atoms. The summed E-state index contributed by atoms with van der Waals surface area (Å²) < 4.78 is 31.4. The number of thiazole rings is 1. The van der Waals surface area contributed by atoms with Gasteiger partial charge in [0.2, 0.25) is 0 Å². The number of hydrogen-bond acceptors (Lipinski definition) is 5. The summed E-state index contributed by atoms with van der Waals surface area (Å²) >= 11 is 1.02. The maximum Gasteiger partial charge on any atom is 0.271 e. The van der Waals surface area contributed by atoms with E-state index in [0.29, 0.717) is 11.8 Å². The van der Waals surface area contributed by atoms with Gasteiger partial charge in [-0.05, 0) is 24.3 Å². The van der Waals surface area contributed by atoms with Crippen molar-refractivity contribution in [3.8, 4) is 0 Å². The SMILES string of the molecule is O=C(Nc1nc(C(=O)NCc2ccco2)cs1)c1cc(F)cc(F)c1. The molecule has 0 unspecified atom stereocenters. The van der Waals surface area contributed by atoms with E-state index in [0.717, 1.165) is 23.5 Å². The zero-order valence-electron chi connectivity index (χ0n) is 12.6. The van der Waals surface area contributed by atoms with E-state index in [4.69, 9.17) is 4.42 Å². The molecule has 0 aliphatic carbocycles. The molecule has 0 bridgehead atoms. The minimum atomic E-state index is -0.859. The number of carbonyl (C=O) groups excluding carboxylic acids is 2. The molecule has 0 fully saturated rings. The second kappa shape index (κ2) is 7.22. The van der Waals surface area contributed by atoms with Gasteiger partial charge in [-0.25, -0.2) is 13.8 Å². The molecule has 0 atom stereocenters. The lowest BCUT2D eigenvalue weighted by molar-refractivity contribution is 0.0942. The zero-order chi connectivity index (χ0) is 17.8. The van der Waals surface area contributed by atoms with Gasteiger partial charge in [0.15, 0.2) is 5.13 Å². The fraction of sp³-hybridized carbons (Fsp3) is 0.0625. The number of anilines is 1. The van der Waals surface area contributed by atoms with Gasteiger partial charge in [0.25, 0.3) is 11.8 Å². The number of furan rings is 1. The molecule has 0 aliphatic rings. The van der Waals surface area contributed by atoms with E-state index in [1.54, 1.807) is 12.1 Å². The van der Waals surface area contributed by atoms with Gasteiger partial charge in [-0.15, -0.1) is 11.3 Å². The summed E-state index contributed by atoms with van der Waals surface area (Å²) in [5, 5.41) is 6.60. The van der Waals surface area contributed by atoms with Crippen LogP contribution in [0.15, 0.2) is 46.4 Å². The molecule has 0 saturated heterocycles. The van der Waals surface area contributed by atoms with E-state index in [2.05, 4.69) is 15.6 Å². The highest BCUT2D eigenvalue weighted by Gasteiger charge is 2.14. The summed E-state index contributed by atoms with van der Waals surface area (Å²) in [6.07, 6.45) is 1.49. The Morgan fingerprint density at radius 1 is 1.16 bits per heavy atom. The highest BCUT2D eigenvalue weighted by Crippen LogP contribution is 2.17. The smallest absolute Gasteiger partial charge is 0.271 e. The first kappa shape index (κ1) is 16.8. The monoisotopic (exact) mass is 363 g/mol. The van der Waals surface area contributed by atoms with Crippen LogP contribution in [0.3, 0.4) is 0 Å². The Hall–Kier alpha value is -3.07. The Kier molecular flexibility index (Phi) is 4.85. The minimum Gasteiger partial charge on any atom is -0.467 e. The number of aromatic nitrogens is 1. The fourth-order valence-corrected chi connectivity index (χ4v) is 2.65. The number of nitrogens with one attached hydrogen (secondary N) is 2. The molecule has 1 aromatic carbocycles. The first-order valence-electron chi connectivity index (χ1n) is 7.05. The van der Waals surface area contributed by atoms with Crippen molar-refractivity contribution in [3.05, 3.63) is 70.6 Å². The molecular formula is C16H11F2N3O3S. The summed E-state index contributed by atoms with van der Waals surface area (Å²) in [4.78, 5) is 27.9. The van der Waals surface area contributed by atoms with Gasteiger partial charge in [0, 0.05) is 17.0 Å². The Morgan fingerprint density at radius 3 is 2.60 bits per heavy atom. The first-order valence-corrected chi connectivity index (χ1v) is 7.93. The topological polar surface area (TPSA) is 84.2 Å². The number of halogens is 2. The van der Waals surface area contributed by atoms with Gasteiger partial charge in [0.05, 0.1) is 12.8 Å². The van der Waals surface area contributed by atoms with Crippen LogP contribution in [0.1, 0.15) is 26.6 Å². The van der Waals surface area contributed by atoms with E-state index in [9.17, 15) is 18.4 Å². The quantitative estimate of drug-likeness (QED) is 0.729. The van der Waals surface area contributed by atoms with Crippen molar-refractivity contribution in [2.24, 2.45) is 0 Å². The van der Waals surface area contributed by atoms with Crippen LogP contribution in [0.2, 0.25) is 0 Å². The second-order valence-corrected chi connectivity index (χ2v) is 5.77. The average molecular weight is 363 g/mol. The van der Waals surface area contributed by atoms with Crippen molar-refractivity contribution in [3.63, 3.8) is 0 Å². The highest BCUT2D eigenvalue weighted by atomic mass is 32.1. The predicted molar refractivity (Wildman–Crippen MR) is 86.3 cm³/mol. The van der Waals surface area contributed by atoms with E-state index in [-0.39, 0.29) is 22.9 Å². The Balaban J connectivity index is 1.62. The lowest BCUT2D eigenvalue weighted by Crippen LogP contribution is -2.23. The van der Waals surface area contributed by atoms with Crippen LogP contribution < -0.4 is 10.6 Å². The molecule has 2 amide bonds. The van der Waals surface area contributed by atoms with E-state index in [1.165, 1.54) is 11.6 Å². The summed E-state index contributed by atoms with van der Waals surface area (Å²) in [5.41, 5.74) is -0.0752. The third-order valence-corrected chi connectivity index (χ3v) is 3.84. The maximum atomic E-state index is 13.1. The molecule has 25 heavy (non-hydrogen) atoms. The van der Waals surface area contributed by atoms with Crippen molar-refractivity contribution in [2.75, 3.05) is 5.32 Å². The molecule has 0 saturated carbocycles. The van der Waals surface area contributed by atoms with Crippen molar-refractivity contribution in [1.29, 1.82) is 0 Å². The van der Waals surface area contributed by atoms with Crippen molar-refractivity contribution in [1.82, 2.24) is 10.3 Å². The molecule has 0 radical (unpaired) electrons. The zero-order valence-corrected chi connectivity index (χ0v) is 13.4. The summed E-state index contributed by atoms with van der Waals surface area (Å²) in [6.45, 7) is 0.202. The van der Waals surface area contributed by atoms with E-state index >= 15 is 0 Å². The third-order valence-electron chi connectivity index (χ3n) is 3.09. The second-order valence-electron chi connectivity index (χ2n) is 4.91. The molecule has 6 nitrogen and oxygen atoms in total. The molecular weight excluding hydrogens is 352 g/mol. The maximum absolute atomic E-state index is 13.1. The molecule has 2 aromatic heterocycles. The molecule has 9 heteroatoms. The number of benzene rings is 1. The van der Waals surface area contributed by atoms with Gasteiger partial charge in [-0.3, -0.25) is 14.9 Å². The average Bonchev–Trinajstić information content (AvgIpc) is 3.23. The van der Waals surface area contributed by atoms with Crippen molar-refractivity contribution in [2.45, 2.75) is 6.54 Å². The molecule has 2 heterocycles. The van der Waals surface area contributed by atoms with Crippen LogP contribution in [0.5, 0.6) is 0 Å². The van der Waals surface area contributed by atoms with Gasteiger partial charge < -0.3 is 9.73 Å². The van der Waals surface area contributed by atoms with E-state index < -0.39 is 23.4 Å². The number of rotatable bonds is 5. The summed E-state index contributed by atoms with van der Waals surface area (Å²) in [7, 11) is 0. The Labute approximate surface area is 144 Å². The lowest BCUT2D eigenvalue weighted by Gasteiger charge is -2.02. The van der Waals surface area contributed by atoms with Gasteiger partial charge in [-0.2, -0.15) is 0 Å². The Morgan fingerprint density at radius 2 is 1.92 bits per heavy atom. The molecule has 3 aromatic rings. The lowest BCUT2D eigenvalue weighted by atomic mass is 10.2. The number of amides is 2. The van der Waals surface area contributed by atoms with E-state index in [1.807, 2.05) is 0 Å². The van der Waals surface area contributed by atoms with Crippen LogP contribution in [0.25, 0.3) is 0 Å². The minimum absolute atomic E-state index is 0.109. The summed E-state index contributed by atoms with van der Waals surface area (Å²) in [5.74, 6) is -2.30. The predicted octanol–water partition coefficient (Wildman–Crippen LogP) is 3.20. The van der Waals surface area contributed by atoms with Crippen LogP contribution >= 0.6 is 11.3 Å². The van der Waals surface area contributed by atoms with Gasteiger partial charge in [-0.1, -0.05) is 0 Å². The van der Waals surface area contributed by atoms with Crippen LogP contribution in [-0.2, 0) is 6.54 Å². The number of carbonyl (C=O) groups is 2. The molecule has 128 valence electrons. The van der Waals surface area contributed by atoms with Crippen LogP contribution in [-0.4, -0.2) is 16.8 Å². The van der Waals surface area contributed by atoms with Crippen molar-refractivity contribution < 1.29 is 22.8 Å². The highest BCUT2D eigenvalue weighted by molar-refractivity contribution is 7.14.